The first-order valence-electron chi connectivity index (χ1n) is 20.1. The van der Waals surface area contributed by atoms with Gasteiger partial charge in [0.2, 0.25) is 0 Å². The summed E-state index contributed by atoms with van der Waals surface area (Å²) in [7, 11) is 2.07. The molecule has 4 aliphatic rings. The minimum atomic E-state index is -0.718. The Balaban J connectivity index is 1.40. The number of unbranched alkanes of at least 4 members (excludes halogenated alkanes) is 3. The first-order chi connectivity index (χ1) is 22.3. The minimum absolute atomic E-state index is 0.358. The highest BCUT2D eigenvalue weighted by atomic mass is 19.1. The van der Waals surface area contributed by atoms with E-state index >= 15 is 8.78 Å². The number of nitrogens with two attached hydrogens (primary N) is 2. The Hall–Kier alpha value is -0.880. The quantitative estimate of drug-likeness (QED) is 0.112. The largest absolute Gasteiger partial charge is 0.386 e. The molecule has 46 heavy (non-hydrogen) atoms. The number of halogens is 2. The average molecular weight is 649 g/mol. The van der Waals surface area contributed by atoms with Gasteiger partial charge >= 0.3 is 0 Å². The van der Waals surface area contributed by atoms with Crippen molar-refractivity contribution in [3.05, 3.63) is 12.4 Å². The monoisotopic (exact) mass is 649 g/mol. The molecule has 4 fully saturated rings. The lowest BCUT2D eigenvalue weighted by Crippen LogP contribution is -2.40. The molecule has 12 atom stereocenters. The van der Waals surface area contributed by atoms with Crippen molar-refractivity contribution in [3.63, 3.8) is 0 Å². The van der Waals surface area contributed by atoms with Gasteiger partial charge in [-0.05, 0) is 176 Å². The van der Waals surface area contributed by atoms with E-state index in [1.165, 1.54) is 83.5 Å². The number of alkyl halides is 2. The fourth-order valence-electron chi connectivity index (χ4n) is 11.2. The molecule has 6 heteroatoms. The molecule has 0 aromatic carbocycles. The Morgan fingerprint density at radius 3 is 1.41 bits per heavy atom. The van der Waals surface area contributed by atoms with Crippen molar-refractivity contribution >= 4 is 0 Å². The Kier molecular flexibility index (Phi) is 16.5. The van der Waals surface area contributed by atoms with Crippen LogP contribution >= 0.6 is 0 Å². The summed E-state index contributed by atoms with van der Waals surface area (Å²) in [6.07, 6.45) is 22.7. The van der Waals surface area contributed by atoms with Gasteiger partial charge < -0.3 is 22.1 Å². The molecule has 0 aromatic heterocycles. The Morgan fingerprint density at radius 1 is 0.587 bits per heavy atom. The predicted octanol–water partition coefficient (Wildman–Crippen LogP) is 9.29. The number of rotatable bonds is 18. The molecule has 268 valence electrons. The highest BCUT2D eigenvalue weighted by Crippen LogP contribution is 2.52. The predicted molar refractivity (Wildman–Crippen MR) is 192 cm³/mol. The first kappa shape index (κ1) is 37.9. The fourth-order valence-corrected chi connectivity index (χ4v) is 11.2. The van der Waals surface area contributed by atoms with E-state index in [1.807, 2.05) is 0 Å². The number of hydrogen-bond donors (Lipinski definition) is 4. The van der Waals surface area contributed by atoms with Crippen molar-refractivity contribution in [1.82, 2.24) is 10.6 Å². The Morgan fingerprint density at radius 2 is 1.00 bits per heavy atom. The molecular formula is C40H74F2N4. The fraction of sp³-hybridized carbons (Fsp3) is 0.950. The molecule has 0 aromatic rings. The molecule has 4 aliphatic carbocycles. The van der Waals surface area contributed by atoms with Crippen molar-refractivity contribution in [2.45, 2.75) is 154 Å². The minimum Gasteiger partial charge on any atom is -0.386 e. The van der Waals surface area contributed by atoms with Crippen LogP contribution in [0.15, 0.2) is 12.4 Å². The SMILES string of the molecule is C=C(N)NCCC1CC(CCCCN)CC(C2CC(F)CC(C3CC(F)CC(C4CC(CCCCC)CC(CCNC)C4)C3)C2)C1. The molecule has 12 unspecified atom stereocenters. The Labute approximate surface area is 282 Å². The maximum absolute atomic E-state index is 15.7. The molecule has 0 amide bonds. The van der Waals surface area contributed by atoms with Crippen LogP contribution in [-0.2, 0) is 0 Å². The van der Waals surface area contributed by atoms with E-state index in [-0.39, 0.29) is 0 Å². The van der Waals surface area contributed by atoms with Gasteiger partial charge in [0.25, 0.3) is 0 Å². The summed E-state index contributed by atoms with van der Waals surface area (Å²) in [5, 5.41) is 6.63. The number of nitrogens with one attached hydrogen (secondary N) is 2. The zero-order chi connectivity index (χ0) is 32.9. The zero-order valence-electron chi connectivity index (χ0n) is 30.0. The van der Waals surface area contributed by atoms with Gasteiger partial charge in [0.05, 0.1) is 5.82 Å². The maximum Gasteiger partial charge on any atom is 0.101 e. The molecule has 4 saturated carbocycles. The number of hydrogen-bond acceptors (Lipinski definition) is 4. The van der Waals surface area contributed by atoms with Crippen LogP contribution in [-0.4, -0.2) is 39.0 Å². The van der Waals surface area contributed by atoms with E-state index in [0.29, 0.717) is 60.1 Å². The van der Waals surface area contributed by atoms with Gasteiger partial charge in [-0.1, -0.05) is 52.0 Å². The lowest BCUT2D eigenvalue weighted by atomic mass is 9.59. The van der Waals surface area contributed by atoms with Crippen LogP contribution in [0.4, 0.5) is 8.78 Å². The molecule has 6 N–H and O–H groups in total. The van der Waals surface area contributed by atoms with E-state index in [4.69, 9.17) is 11.5 Å². The van der Waals surface area contributed by atoms with Crippen LogP contribution in [0.5, 0.6) is 0 Å². The van der Waals surface area contributed by atoms with Crippen molar-refractivity contribution in [2.24, 2.45) is 70.6 Å². The molecule has 0 bridgehead atoms. The molecule has 0 saturated heterocycles. The molecule has 4 rings (SSSR count). The summed E-state index contributed by atoms with van der Waals surface area (Å²) >= 11 is 0. The molecule has 0 spiro atoms. The lowest BCUT2D eigenvalue weighted by Gasteiger charge is -2.47. The highest BCUT2D eigenvalue weighted by Gasteiger charge is 2.44. The van der Waals surface area contributed by atoms with Crippen molar-refractivity contribution < 1.29 is 8.78 Å². The zero-order valence-corrected chi connectivity index (χ0v) is 30.0. The average Bonchev–Trinajstić information content (AvgIpc) is 3.03. The third-order valence-corrected chi connectivity index (χ3v) is 13.3. The third-order valence-electron chi connectivity index (χ3n) is 13.3. The summed E-state index contributed by atoms with van der Waals surface area (Å²) in [6.45, 7) is 8.84. The van der Waals surface area contributed by atoms with E-state index in [2.05, 4.69) is 31.2 Å². The smallest absolute Gasteiger partial charge is 0.101 e. The molecular weight excluding hydrogens is 574 g/mol. The van der Waals surface area contributed by atoms with Gasteiger partial charge in [0.15, 0.2) is 0 Å². The van der Waals surface area contributed by atoms with Crippen LogP contribution in [0.1, 0.15) is 142 Å². The molecule has 4 nitrogen and oxygen atoms in total. The third kappa shape index (κ3) is 12.2. The topological polar surface area (TPSA) is 76.1 Å². The highest BCUT2D eigenvalue weighted by molar-refractivity contribution is 4.95. The van der Waals surface area contributed by atoms with Gasteiger partial charge in [-0.3, -0.25) is 0 Å². The van der Waals surface area contributed by atoms with Crippen LogP contribution in [0.2, 0.25) is 0 Å². The summed E-state index contributed by atoms with van der Waals surface area (Å²) < 4.78 is 31.4. The summed E-state index contributed by atoms with van der Waals surface area (Å²) in [6, 6.07) is 0. The second-order valence-corrected chi connectivity index (χ2v) is 17.0. The summed E-state index contributed by atoms with van der Waals surface area (Å²) in [5.41, 5.74) is 11.6. The van der Waals surface area contributed by atoms with Gasteiger partial charge in [-0.15, -0.1) is 0 Å². The van der Waals surface area contributed by atoms with Gasteiger partial charge in [-0.2, -0.15) is 0 Å². The van der Waals surface area contributed by atoms with Crippen LogP contribution < -0.4 is 22.1 Å². The van der Waals surface area contributed by atoms with Gasteiger partial charge in [0.1, 0.15) is 12.3 Å². The van der Waals surface area contributed by atoms with Crippen LogP contribution in [0, 0.1) is 59.2 Å². The molecule has 0 heterocycles. The second kappa shape index (κ2) is 20.0. The molecule has 0 radical (unpaired) electrons. The normalized spacial score (nSPS) is 38.8. The summed E-state index contributed by atoms with van der Waals surface area (Å²) in [4.78, 5) is 0. The van der Waals surface area contributed by atoms with Crippen molar-refractivity contribution in [1.29, 1.82) is 0 Å². The van der Waals surface area contributed by atoms with E-state index in [1.54, 1.807) is 0 Å². The lowest BCUT2D eigenvalue weighted by molar-refractivity contribution is 0.00215. The van der Waals surface area contributed by atoms with Crippen LogP contribution in [0.3, 0.4) is 0 Å². The second-order valence-electron chi connectivity index (χ2n) is 17.0. The van der Waals surface area contributed by atoms with Crippen LogP contribution in [0.25, 0.3) is 0 Å². The van der Waals surface area contributed by atoms with E-state index < -0.39 is 12.3 Å². The van der Waals surface area contributed by atoms with Crippen molar-refractivity contribution in [2.75, 3.05) is 26.7 Å². The first-order valence-corrected chi connectivity index (χ1v) is 20.1. The van der Waals surface area contributed by atoms with Gasteiger partial charge in [-0.25, -0.2) is 8.78 Å². The van der Waals surface area contributed by atoms with E-state index in [0.717, 1.165) is 75.9 Å². The maximum atomic E-state index is 15.7. The van der Waals surface area contributed by atoms with Crippen molar-refractivity contribution in [3.8, 4) is 0 Å². The van der Waals surface area contributed by atoms with Gasteiger partial charge in [0, 0.05) is 6.54 Å². The summed E-state index contributed by atoms with van der Waals surface area (Å²) in [5.74, 6) is 6.45. The standard InChI is InChI=1S/C40H74F2N4/c1-4-5-6-9-29-16-31(11-14-45-3)20-33(18-29)35-22-37(26-39(41)24-35)38-23-36(25-40(42)27-38)34-19-30(10-7-8-13-43)17-32(21-34)12-15-46-28(2)44/h29-40,45-46H,2,4-27,43-44H2,1,3H3. The van der Waals surface area contributed by atoms with E-state index in [9.17, 15) is 0 Å². The molecule has 0 aliphatic heterocycles. The Bertz CT molecular complexity index is 855.